The van der Waals surface area contributed by atoms with Gasteiger partial charge >= 0.3 is 6.03 Å². The minimum Gasteiger partial charge on any atom is -0.394 e. The fourth-order valence-corrected chi connectivity index (χ4v) is 3.83. The molecule has 2 rings (SSSR count). The van der Waals surface area contributed by atoms with Crippen molar-refractivity contribution < 1.29 is 18.3 Å². The first-order chi connectivity index (χ1) is 9.36. The van der Waals surface area contributed by atoms with Crippen molar-refractivity contribution in [2.75, 3.05) is 6.61 Å². The summed E-state index contributed by atoms with van der Waals surface area (Å²) in [6.45, 7) is 2.88. The quantitative estimate of drug-likeness (QED) is 0.764. The van der Waals surface area contributed by atoms with E-state index in [4.69, 9.17) is 0 Å². The molecule has 0 aliphatic carbocycles. The number of benzene rings is 1. The van der Waals surface area contributed by atoms with Crippen molar-refractivity contribution in [1.82, 2.24) is 10.6 Å². The molecule has 7 heteroatoms. The van der Waals surface area contributed by atoms with E-state index in [1.165, 1.54) is 19.1 Å². The fourth-order valence-electron chi connectivity index (χ4n) is 2.11. The van der Waals surface area contributed by atoms with E-state index < -0.39 is 28.5 Å². The Balaban J connectivity index is 2.54. The van der Waals surface area contributed by atoms with Crippen LogP contribution in [0.3, 0.4) is 0 Å². The van der Waals surface area contributed by atoms with Crippen LogP contribution in [0.2, 0.25) is 0 Å². The molecule has 6 nitrogen and oxygen atoms in total. The Morgan fingerprint density at radius 2 is 1.80 bits per heavy atom. The average Bonchev–Trinajstić information content (AvgIpc) is 2.37. The summed E-state index contributed by atoms with van der Waals surface area (Å²) in [5, 5.41) is 14.1. The third kappa shape index (κ3) is 2.54. The summed E-state index contributed by atoms with van der Waals surface area (Å²) in [4.78, 5) is 11.5. The molecule has 0 unspecified atom stereocenters. The smallest absolute Gasteiger partial charge is 0.319 e. The molecular weight excluding hydrogens is 280 g/mol. The summed E-state index contributed by atoms with van der Waals surface area (Å²) in [5.41, 5.74) is 1.18. The molecule has 0 fully saturated rings. The number of carbonyl (C=O) groups excluding carboxylic acids is 1. The van der Waals surface area contributed by atoms with Gasteiger partial charge in [-0.3, -0.25) is 0 Å². The molecule has 20 heavy (non-hydrogen) atoms. The van der Waals surface area contributed by atoms with Crippen molar-refractivity contribution in [1.29, 1.82) is 0 Å². The maximum atomic E-state index is 12.6. The van der Waals surface area contributed by atoms with Crippen molar-refractivity contribution in [3.8, 4) is 0 Å². The van der Waals surface area contributed by atoms with Gasteiger partial charge < -0.3 is 15.7 Å². The van der Waals surface area contributed by atoms with E-state index in [-0.39, 0.29) is 15.5 Å². The SMILES string of the molecule is CC1=C(S(=O)(=O)c2ccc(C)cc2)[C@@H](CO)NC(=O)N1. The van der Waals surface area contributed by atoms with Gasteiger partial charge in [-0.1, -0.05) is 17.7 Å². The normalized spacial score (nSPS) is 19.6. The van der Waals surface area contributed by atoms with Crippen molar-refractivity contribution in [3.63, 3.8) is 0 Å². The average molecular weight is 296 g/mol. The number of sulfone groups is 1. The minimum atomic E-state index is -3.77. The van der Waals surface area contributed by atoms with Gasteiger partial charge in [0.15, 0.2) is 0 Å². The number of carbonyl (C=O) groups is 1. The number of hydrogen-bond acceptors (Lipinski definition) is 4. The predicted molar refractivity (Wildman–Crippen MR) is 73.6 cm³/mol. The van der Waals surface area contributed by atoms with Crippen LogP contribution in [0.1, 0.15) is 12.5 Å². The van der Waals surface area contributed by atoms with Crippen molar-refractivity contribution in [2.24, 2.45) is 0 Å². The molecule has 0 spiro atoms. The van der Waals surface area contributed by atoms with Crippen LogP contribution in [0.25, 0.3) is 0 Å². The second-order valence-corrected chi connectivity index (χ2v) is 6.56. The number of aryl methyl sites for hydroxylation is 1. The van der Waals surface area contributed by atoms with Gasteiger partial charge in [0.05, 0.1) is 22.4 Å². The summed E-state index contributed by atoms with van der Waals surface area (Å²) < 4.78 is 25.2. The molecule has 0 radical (unpaired) electrons. The largest absolute Gasteiger partial charge is 0.394 e. The molecular formula is C13H16N2O4S. The first-order valence-corrected chi connectivity index (χ1v) is 7.55. The Hall–Kier alpha value is -1.86. The number of hydrogen-bond donors (Lipinski definition) is 3. The highest BCUT2D eigenvalue weighted by Crippen LogP contribution is 2.26. The van der Waals surface area contributed by atoms with Gasteiger partial charge in [-0.25, -0.2) is 13.2 Å². The lowest BCUT2D eigenvalue weighted by atomic mass is 10.2. The molecule has 1 aliphatic heterocycles. The molecule has 0 aromatic heterocycles. The van der Waals surface area contributed by atoms with Gasteiger partial charge in [-0.2, -0.15) is 0 Å². The van der Waals surface area contributed by atoms with Crippen LogP contribution in [-0.4, -0.2) is 32.2 Å². The summed E-state index contributed by atoms with van der Waals surface area (Å²) in [6, 6.07) is 4.96. The summed E-state index contributed by atoms with van der Waals surface area (Å²) >= 11 is 0. The van der Waals surface area contributed by atoms with Gasteiger partial charge in [0.1, 0.15) is 0 Å². The number of allylic oxidation sites excluding steroid dienone is 1. The van der Waals surface area contributed by atoms with Crippen molar-refractivity contribution in [3.05, 3.63) is 40.4 Å². The number of urea groups is 1. The number of aliphatic hydroxyl groups excluding tert-OH is 1. The van der Waals surface area contributed by atoms with Crippen LogP contribution in [0.4, 0.5) is 4.79 Å². The Morgan fingerprint density at radius 1 is 1.20 bits per heavy atom. The second-order valence-electron chi connectivity index (χ2n) is 4.64. The number of aliphatic hydroxyl groups is 1. The fraction of sp³-hybridized carbons (Fsp3) is 0.308. The molecule has 1 heterocycles. The summed E-state index contributed by atoms with van der Waals surface area (Å²) in [6.07, 6.45) is 0. The van der Waals surface area contributed by atoms with E-state index in [2.05, 4.69) is 10.6 Å². The Morgan fingerprint density at radius 3 is 2.35 bits per heavy atom. The molecule has 1 aromatic carbocycles. The highest BCUT2D eigenvalue weighted by molar-refractivity contribution is 7.95. The lowest BCUT2D eigenvalue weighted by molar-refractivity contribution is 0.222. The van der Waals surface area contributed by atoms with Crippen molar-refractivity contribution in [2.45, 2.75) is 24.8 Å². The first-order valence-electron chi connectivity index (χ1n) is 6.07. The van der Waals surface area contributed by atoms with E-state index in [1.54, 1.807) is 12.1 Å². The molecule has 0 saturated heterocycles. The van der Waals surface area contributed by atoms with Crippen LogP contribution in [0.15, 0.2) is 39.8 Å². The van der Waals surface area contributed by atoms with Gasteiger partial charge in [0, 0.05) is 5.70 Å². The van der Waals surface area contributed by atoms with Crippen molar-refractivity contribution >= 4 is 15.9 Å². The molecule has 108 valence electrons. The molecule has 1 aromatic rings. The third-order valence-electron chi connectivity index (χ3n) is 3.10. The highest BCUT2D eigenvalue weighted by atomic mass is 32.2. The maximum Gasteiger partial charge on any atom is 0.319 e. The second kappa shape index (κ2) is 5.26. The summed E-state index contributed by atoms with van der Waals surface area (Å²) in [7, 11) is -3.77. The number of rotatable bonds is 3. The zero-order valence-corrected chi connectivity index (χ0v) is 12.0. The van der Waals surface area contributed by atoms with E-state index in [1.807, 2.05) is 6.92 Å². The monoisotopic (exact) mass is 296 g/mol. The predicted octanol–water partition coefficient (Wildman–Crippen LogP) is 0.674. The third-order valence-corrected chi connectivity index (χ3v) is 5.16. The van der Waals surface area contributed by atoms with E-state index in [0.717, 1.165) is 5.56 Å². The van der Waals surface area contributed by atoms with Crippen LogP contribution in [0, 0.1) is 6.92 Å². The van der Waals surface area contributed by atoms with Crippen LogP contribution >= 0.6 is 0 Å². The maximum absolute atomic E-state index is 12.6. The Kier molecular flexibility index (Phi) is 3.82. The van der Waals surface area contributed by atoms with E-state index >= 15 is 0 Å². The van der Waals surface area contributed by atoms with Gasteiger partial charge in [0.2, 0.25) is 9.84 Å². The standard InChI is InChI=1S/C13H16N2O4S/c1-8-3-5-10(6-4-8)20(18,19)12-9(2)14-13(17)15-11(12)7-16/h3-6,11,16H,7H2,1-2H3,(H2,14,15,17)/t11-/m1/s1. The zero-order chi connectivity index (χ0) is 14.9. The molecule has 0 saturated carbocycles. The van der Waals surface area contributed by atoms with Crippen LogP contribution in [0.5, 0.6) is 0 Å². The minimum absolute atomic E-state index is 0.0107. The molecule has 3 N–H and O–H groups in total. The van der Waals surface area contributed by atoms with Crippen LogP contribution in [-0.2, 0) is 9.84 Å². The van der Waals surface area contributed by atoms with E-state index in [0.29, 0.717) is 0 Å². The lowest BCUT2D eigenvalue weighted by Gasteiger charge is -2.27. The highest BCUT2D eigenvalue weighted by Gasteiger charge is 2.34. The first kappa shape index (κ1) is 14.5. The Bertz CT molecular complexity index is 662. The van der Waals surface area contributed by atoms with Gasteiger partial charge in [-0.15, -0.1) is 0 Å². The van der Waals surface area contributed by atoms with Gasteiger partial charge in [0.25, 0.3) is 0 Å². The molecule has 1 aliphatic rings. The number of amides is 2. The Labute approximate surface area is 117 Å². The molecule has 1 atom stereocenters. The van der Waals surface area contributed by atoms with Crippen LogP contribution < -0.4 is 10.6 Å². The molecule has 2 amide bonds. The van der Waals surface area contributed by atoms with E-state index in [9.17, 15) is 18.3 Å². The number of nitrogens with one attached hydrogen (secondary N) is 2. The summed E-state index contributed by atoms with van der Waals surface area (Å²) in [5.74, 6) is 0. The lowest BCUT2D eigenvalue weighted by Crippen LogP contribution is -2.51. The van der Waals surface area contributed by atoms with Gasteiger partial charge in [-0.05, 0) is 26.0 Å². The topological polar surface area (TPSA) is 95.5 Å². The zero-order valence-electron chi connectivity index (χ0n) is 11.2. The molecule has 0 bridgehead atoms.